The summed E-state index contributed by atoms with van der Waals surface area (Å²) >= 11 is 2.74. The van der Waals surface area contributed by atoms with Crippen LogP contribution in [0.5, 0.6) is 11.5 Å². The van der Waals surface area contributed by atoms with Crippen molar-refractivity contribution in [3.8, 4) is 11.5 Å². The molecule has 2 aromatic rings. The van der Waals surface area contributed by atoms with Crippen molar-refractivity contribution in [2.75, 3.05) is 14.2 Å². The number of carbonyl (C=O) groups is 2. The fourth-order valence-electron chi connectivity index (χ4n) is 2.48. The van der Waals surface area contributed by atoms with Crippen molar-refractivity contribution in [2.24, 2.45) is 0 Å². The molecule has 0 atom stereocenters. The zero-order chi connectivity index (χ0) is 18.0. The summed E-state index contributed by atoms with van der Waals surface area (Å²) in [6.45, 7) is 1.42. The van der Waals surface area contributed by atoms with E-state index in [1.54, 1.807) is 38.5 Å². The largest absolute Gasteiger partial charge is 0.496 e. The molecule has 6 heteroatoms. The van der Waals surface area contributed by atoms with Crippen molar-refractivity contribution in [2.45, 2.75) is 16.7 Å². The Labute approximate surface area is 154 Å². The maximum absolute atomic E-state index is 12.9. The van der Waals surface area contributed by atoms with Crippen molar-refractivity contribution in [3.63, 3.8) is 0 Å². The second-order valence-corrected chi connectivity index (χ2v) is 7.55. The van der Waals surface area contributed by atoms with Crippen LogP contribution in [-0.2, 0) is 4.79 Å². The molecule has 25 heavy (non-hydrogen) atoms. The van der Waals surface area contributed by atoms with Gasteiger partial charge >= 0.3 is 0 Å². The van der Waals surface area contributed by atoms with Crippen LogP contribution < -0.4 is 9.47 Å². The third-order valence-corrected chi connectivity index (χ3v) is 6.32. The van der Waals surface area contributed by atoms with Gasteiger partial charge in [0.2, 0.25) is 0 Å². The third-order valence-electron chi connectivity index (χ3n) is 3.69. The van der Waals surface area contributed by atoms with Gasteiger partial charge in [-0.15, -0.1) is 0 Å². The van der Waals surface area contributed by atoms with E-state index in [1.165, 1.54) is 30.4 Å². The molecular formula is C19H16O4S2. The highest BCUT2D eigenvalue weighted by molar-refractivity contribution is 8.25. The van der Waals surface area contributed by atoms with Gasteiger partial charge in [-0.1, -0.05) is 53.9 Å². The van der Waals surface area contributed by atoms with Crippen LogP contribution in [0.25, 0.3) is 0 Å². The molecular weight excluding hydrogens is 356 g/mol. The zero-order valence-corrected chi connectivity index (χ0v) is 15.6. The highest BCUT2D eigenvalue weighted by atomic mass is 32.2. The highest BCUT2D eigenvalue weighted by Crippen LogP contribution is 2.59. The number of Topliss-reactive ketones (excluding diaryl/α,β-unsaturated/α-hetero) is 2. The van der Waals surface area contributed by atoms with Gasteiger partial charge in [0, 0.05) is 5.56 Å². The molecule has 4 nitrogen and oxygen atoms in total. The summed E-state index contributed by atoms with van der Waals surface area (Å²) in [6.07, 6.45) is 0. The van der Waals surface area contributed by atoms with Gasteiger partial charge in [0.05, 0.1) is 33.8 Å². The zero-order valence-electron chi connectivity index (χ0n) is 14.0. The number of benzene rings is 2. The lowest BCUT2D eigenvalue weighted by atomic mass is 10.0. The minimum absolute atomic E-state index is 0.196. The van der Waals surface area contributed by atoms with Crippen LogP contribution in [0.2, 0.25) is 0 Å². The number of ether oxygens (including phenoxy) is 2. The molecule has 0 saturated heterocycles. The molecule has 0 saturated carbocycles. The van der Waals surface area contributed by atoms with Crippen LogP contribution in [0.3, 0.4) is 0 Å². The second kappa shape index (κ2) is 7.37. The number of rotatable bonds is 5. The van der Waals surface area contributed by atoms with E-state index >= 15 is 0 Å². The number of ketones is 2. The molecule has 0 aliphatic carbocycles. The summed E-state index contributed by atoms with van der Waals surface area (Å²) in [4.78, 5) is 26.8. The fourth-order valence-corrected chi connectivity index (χ4v) is 5.33. The molecule has 0 aromatic heterocycles. The number of hydrogen-bond donors (Lipinski definition) is 0. The van der Waals surface area contributed by atoms with E-state index in [-0.39, 0.29) is 17.1 Å². The summed E-state index contributed by atoms with van der Waals surface area (Å²) in [7, 11) is 3.19. The van der Waals surface area contributed by atoms with Gasteiger partial charge in [0.1, 0.15) is 11.5 Å². The Hall–Kier alpha value is -2.18. The van der Waals surface area contributed by atoms with Gasteiger partial charge < -0.3 is 9.47 Å². The van der Waals surface area contributed by atoms with Crippen LogP contribution in [-0.4, -0.2) is 25.8 Å². The number of carbonyl (C=O) groups excluding carboxylic acids is 2. The van der Waals surface area contributed by atoms with Crippen LogP contribution in [0, 0.1) is 0 Å². The number of fused-ring (bicyclic) bond motifs is 1. The minimum Gasteiger partial charge on any atom is -0.496 e. The predicted molar refractivity (Wildman–Crippen MR) is 99.7 cm³/mol. The molecule has 1 heterocycles. The van der Waals surface area contributed by atoms with Gasteiger partial charge in [0.25, 0.3) is 0 Å². The van der Waals surface area contributed by atoms with Crippen LogP contribution in [0.1, 0.15) is 17.3 Å². The van der Waals surface area contributed by atoms with Crippen LogP contribution in [0.15, 0.2) is 62.1 Å². The quantitative estimate of drug-likeness (QED) is 0.331. The second-order valence-electron chi connectivity index (χ2n) is 5.25. The van der Waals surface area contributed by atoms with E-state index in [0.29, 0.717) is 21.3 Å². The molecule has 3 rings (SSSR count). The Morgan fingerprint density at radius 2 is 1.36 bits per heavy atom. The third kappa shape index (κ3) is 3.32. The van der Waals surface area contributed by atoms with E-state index in [0.717, 1.165) is 9.79 Å². The van der Waals surface area contributed by atoms with Gasteiger partial charge in [-0.3, -0.25) is 9.59 Å². The van der Waals surface area contributed by atoms with E-state index in [9.17, 15) is 9.59 Å². The SMILES string of the molecule is COc1ccc(OC)c2c1SC(=C(C(C)=O)C(=O)c1ccccc1)S2. The summed E-state index contributed by atoms with van der Waals surface area (Å²) in [5.74, 6) is 0.861. The lowest BCUT2D eigenvalue weighted by Gasteiger charge is -2.08. The normalized spacial score (nSPS) is 12.5. The first-order chi connectivity index (χ1) is 12.1. The first kappa shape index (κ1) is 17.6. The van der Waals surface area contributed by atoms with Gasteiger partial charge in [-0.2, -0.15) is 0 Å². The first-order valence-corrected chi connectivity index (χ1v) is 9.15. The molecule has 0 spiro atoms. The van der Waals surface area contributed by atoms with Crippen molar-refractivity contribution < 1.29 is 19.1 Å². The molecule has 0 amide bonds. The monoisotopic (exact) mass is 372 g/mol. The summed E-state index contributed by atoms with van der Waals surface area (Å²) in [5.41, 5.74) is 0.692. The van der Waals surface area contributed by atoms with Crippen molar-refractivity contribution in [1.82, 2.24) is 0 Å². The number of allylic oxidation sites excluding steroid dienone is 1. The van der Waals surface area contributed by atoms with Crippen molar-refractivity contribution in [3.05, 3.63) is 57.8 Å². The first-order valence-electron chi connectivity index (χ1n) is 7.52. The lowest BCUT2D eigenvalue weighted by molar-refractivity contribution is -0.113. The van der Waals surface area contributed by atoms with Gasteiger partial charge in [-0.05, 0) is 19.1 Å². The minimum atomic E-state index is -0.270. The average Bonchev–Trinajstić information content (AvgIpc) is 3.06. The van der Waals surface area contributed by atoms with Gasteiger partial charge in [0.15, 0.2) is 11.6 Å². The van der Waals surface area contributed by atoms with E-state index in [2.05, 4.69) is 0 Å². The lowest BCUT2D eigenvalue weighted by Crippen LogP contribution is -2.11. The Bertz CT molecular complexity index is 837. The maximum Gasteiger partial charge on any atom is 0.198 e. The molecule has 1 aliphatic rings. The van der Waals surface area contributed by atoms with E-state index in [4.69, 9.17) is 9.47 Å². The highest BCUT2D eigenvalue weighted by Gasteiger charge is 2.31. The topological polar surface area (TPSA) is 52.6 Å². The summed E-state index contributed by atoms with van der Waals surface area (Å²) in [5, 5.41) is 0. The van der Waals surface area contributed by atoms with E-state index < -0.39 is 0 Å². The number of thioether (sulfide) groups is 2. The molecule has 0 radical (unpaired) electrons. The Morgan fingerprint density at radius 3 is 1.80 bits per heavy atom. The number of hydrogen-bond acceptors (Lipinski definition) is 6. The molecule has 128 valence electrons. The Morgan fingerprint density at radius 1 is 0.840 bits per heavy atom. The fraction of sp³-hybridized carbons (Fsp3) is 0.158. The average molecular weight is 372 g/mol. The molecule has 0 unspecified atom stereocenters. The van der Waals surface area contributed by atoms with Gasteiger partial charge in [-0.25, -0.2) is 0 Å². The predicted octanol–water partition coefficient (Wildman–Crippen LogP) is 4.59. The summed E-state index contributed by atoms with van der Waals surface area (Å²) in [6, 6.07) is 12.5. The summed E-state index contributed by atoms with van der Waals surface area (Å²) < 4.78 is 11.5. The number of methoxy groups -OCH3 is 2. The van der Waals surface area contributed by atoms with Crippen LogP contribution in [0.4, 0.5) is 0 Å². The molecule has 0 fully saturated rings. The van der Waals surface area contributed by atoms with E-state index in [1.807, 2.05) is 18.2 Å². The standard InChI is InChI=1S/C19H16O4S2/c1-11(20)15(16(21)12-7-5-4-6-8-12)19-24-17-13(22-2)9-10-14(23-3)18(17)25-19/h4-10H,1-3H3. The van der Waals surface area contributed by atoms with Crippen molar-refractivity contribution >= 4 is 35.1 Å². The maximum atomic E-state index is 12.9. The smallest absolute Gasteiger partial charge is 0.198 e. The molecule has 0 N–H and O–H groups in total. The van der Waals surface area contributed by atoms with Crippen LogP contribution >= 0.6 is 23.5 Å². The molecule has 2 aromatic carbocycles. The Balaban J connectivity index is 2.09. The van der Waals surface area contributed by atoms with Crippen molar-refractivity contribution in [1.29, 1.82) is 0 Å². The molecule has 1 aliphatic heterocycles. The molecule has 0 bridgehead atoms. The Kier molecular flexibility index (Phi) is 5.20.